The van der Waals surface area contributed by atoms with Gasteiger partial charge in [-0.1, -0.05) is 42.5 Å². The first-order valence-corrected chi connectivity index (χ1v) is 9.96. The summed E-state index contributed by atoms with van der Waals surface area (Å²) in [5, 5.41) is 3.18. The summed E-state index contributed by atoms with van der Waals surface area (Å²) in [6.07, 6.45) is 0.944. The van der Waals surface area contributed by atoms with Crippen LogP contribution in [0.15, 0.2) is 59.6 Å². The van der Waals surface area contributed by atoms with Gasteiger partial charge >= 0.3 is 0 Å². The molecule has 2 aromatic carbocycles. The average Bonchev–Trinajstić information content (AvgIpc) is 2.68. The molecule has 1 fully saturated rings. The maximum Gasteiger partial charge on any atom is 0.188 e. The van der Waals surface area contributed by atoms with Gasteiger partial charge in [-0.25, -0.2) is 4.99 Å². The van der Waals surface area contributed by atoms with Crippen molar-refractivity contribution in [2.24, 2.45) is 10.7 Å². The van der Waals surface area contributed by atoms with Crippen molar-refractivity contribution in [2.45, 2.75) is 13.0 Å². The summed E-state index contributed by atoms with van der Waals surface area (Å²) in [6, 6.07) is 19.1. The summed E-state index contributed by atoms with van der Waals surface area (Å²) in [6.45, 7) is 3.69. The SMILES string of the molecule is NC(=NCc1ccc(N2CCSCC2)cc1)NCCc1ccccc1. The minimum absolute atomic E-state index is 0.507. The normalized spacial score (nSPS) is 15.2. The molecule has 0 aromatic heterocycles. The smallest absolute Gasteiger partial charge is 0.188 e. The lowest BCUT2D eigenvalue weighted by molar-refractivity contribution is 0.847. The summed E-state index contributed by atoms with van der Waals surface area (Å²) in [4.78, 5) is 6.88. The van der Waals surface area contributed by atoms with Crippen LogP contribution in [-0.4, -0.2) is 37.1 Å². The van der Waals surface area contributed by atoms with Crippen molar-refractivity contribution in [1.29, 1.82) is 0 Å². The van der Waals surface area contributed by atoms with Gasteiger partial charge in [-0.15, -0.1) is 0 Å². The number of nitrogens with one attached hydrogen (secondary N) is 1. The van der Waals surface area contributed by atoms with Crippen molar-refractivity contribution in [3.05, 3.63) is 65.7 Å². The molecule has 25 heavy (non-hydrogen) atoms. The predicted molar refractivity (Wildman–Crippen MR) is 109 cm³/mol. The van der Waals surface area contributed by atoms with E-state index in [1.807, 2.05) is 17.8 Å². The summed E-state index contributed by atoms with van der Waals surface area (Å²) < 4.78 is 0. The van der Waals surface area contributed by atoms with Crippen LogP contribution in [0.2, 0.25) is 0 Å². The van der Waals surface area contributed by atoms with Gasteiger partial charge in [0, 0.05) is 36.8 Å². The molecule has 0 aliphatic carbocycles. The molecule has 0 amide bonds. The number of anilines is 1. The van der Waals surface area contributed by atoms with Crippen LogP contribution in [0, 0.1) is 0 Å². The summed E-state index contributed by atoms with van der Waals surface area (Å²) >= 11 is 2.03. The Hall–Kier alpha value is -2.14. The fourth-order valence-electron chi connectivity index (χ4n) is 2.85. The fraction of sp³-hybridized carbons (Fsp3) is 0.350. The lowest BCUT2D eigenvalue weighted by atomic mass is 10.1. The van der Waals surface area contributed by atoms with Crippen LogP contribution in [0.4, 0.5) is 5.69 Å². The molecule has 0 unspecified atom stereocenters. The number of thioether (sulfide) groups is 1. The van der Waals surface area contributed by atoms with E-state index in [-0.39, 0.29) is 0 Å². The zero-order chi connectivity index (χ0) is 17.3. The van der Waals surface area contributed by atoms with Gasteiger partial charge < -0.3 is 16.0 Å². The molecule has 1 heterocycles. The van der Waals surface area contributed by atoms with Crippen molar-refractivity contribution < 1.29 is 0 Å². The molecule has 0 spiro atoms. The number of aliphatic imine (C=N–C) groups is 1. The number of hydrogen-bond acceptors (Lipinski definition) is 3. The third-order valence-electron chi connectivity index (χ3n) is 4.31. The van der Waals surface area contributed by atoms with Gasteiger partial charge in [-0.2, -0.15) is 11.8 Å². The lowest BCUT2D eigenvalue weighted by Gasteiger charge is -2.28. The summed E-state index contributed by atoms with van der Waals surface area (Å²) in [5.74, 6) is 2.95. The number of rotatable bonds is 6. The standard InChI is InChI=1S/C20H26N4S/c21-20(22-11-10-17-4-2-1-3-5-17)23-16-18-6-8-19(9-7-18)24-12-14-25-15-13-24/h1-9H,10-16H2,(H3,21,22,23). The van der Waals surface area contributed by atoms with E-state index in [1.165, 1.54) is 28.3 Å². The van der Waals surface area contributed by atoms with Crippen molar-refractivity contribution in [2.75, 3.05) is 36.0 Å². The molecule has 4 nitrogen and oxygen atoms in total. The van der Waals surface area contributed by atoms with E-state index in [1.54, 1.807) is 0 Å². The Morgan fingerprint density at radius 1 is 1.00 bits per heavy atom. The Kier molecular flexibility index (Phi) is 6.63. The van der Waals surface area contributed by atoms with Gasteiger partial charge in [-0.05, 0) is 29.7 Å². The molecule has 3 rings (SSSR count). The van der Waals surface area contributed by atoms with Crippen molar-refractivity contribution in [1.82, 2.24) is 5.32 Å². The molecule has 3 N–H and O–H groups in total. The summed E-state index contributed by atoms with van der Waals surface area (Å²) in [7, 11) is 0. The van der Waals surface area contributed by atoms with Gasteiger partial charge in [0.05, 0.1) is 6.54 Å². The number of guanidine groups is 1. The predicted octanol–water partition coefficient (Wildman–Crippen LogP) is 2.89. The Morgan fingerprint density at radius 2 is 1.72 bits per heavy atom. The van der Waals surface area contributed by atoms with Crippen molar-refractivity contribution in [3.8, 4) is 0 Å². The van der Waals surface area contributed by atoms with Gasteiger partial charge in [0.15, 0.2) is 5.96 Å². The molecular formula is C20H26N4S. The van der Waals surface area contributed by atoms with Gasteiger partial charge in [0.2, 0.25) is 0 Å². The van der Waals surface area contributed by atoms with Crippen LogP contribution in [0.25, 0.3) is 0 Å². The maximum absolute atomic E-state index is 5.96. The molecule has 1 aliphatic rings. The first-order chi connectivity index (χ1) is 12.3. The Balaban J connectivity index is 1.44. The van der Waals surface area contributed by atoms with Gasteiger partial charge in [0.25, 0.3) is 0 Å². The zero-order valence-corrected chi connectivity index (χ0v) is 15.3. The third kappa shape index (κ3) is 5.71. The van der Waals surface area contributed by atoms with E-state index in [0.29, 0.717) is 12.5 Å². The molecule has 132 valence electrons. The molecule has 0 atom stereocenters. The van der Waals surface area contributed by atoms with Crippen LogP contribution < -0.4 is 16.0 Å². The van der Waals surface area contributed by atoms with Crippen LogP contribution in [0.3, 0.4) is 0 Å². The Labute approximate surface area is 154 Å². The van der Waals surface area contributed by atoms with E-state index < -0.39 is 0 Å². The number of benzene rings is 2. The Morgan fingerprint density at radius 3 is 2.44 bits per heavy atom. The largest absolute Gasteiger partial charge is 0.370 e. The van der Waals surface area contributed by atoms with Crippen LogP contribution in [0.1, 0.15) is 11.1 Å². The first kappa shape index (κ1) is 17.7. The minimum Gasteiger partial charge on any atom is -0.370 e. The summed E-state index contributed by atoms with van der Waals surface area (Å²) in [5.41, 5.74) is 9.75. The second kappa shape index (κ2) is 9.37. The van der Waals surface area contributed by atoms with Crippen molar-refractivity contribution >= 4 is 23.4 Å². The molecule has 1 saturated heterocycles. The zero-order valence-electron chi connectivity index (χ0n) is 14.5. The number of hydrogen-bond donors (Lipinski definition) is 2. The number of nitrogens with two attached hydrogens (primary N) is 1. The van der Waals surface area contributed by atoms with E-state index in [2.05, 4.69) is 63.7 Å². The highest BCUT2D eigenvalue weighted by Gasteiger charge is 2.10. The van der Waals surface area contributed by atoms with Crippen molar-refractivity contribution in [3.63, 3.8) is 0 Å². The molecular weight excluding hydrogens is 328 g/mol. The third-order valence-corrected chi connectivity index (χ3v) is 5.25. The number of nitrogens with zero attached hydrogens (tertiary/aromatic N) is 2. The minimum atomic E-state index is 0.507. The average molecular weight is 355 g/mol. The van der Waals surface area contributed by atoms with E-state index in [4.69, 9.17) is 5.73 Å². The van der Waals surface area contributed by atoms with E-state index >= 15 is 0 Å². The first-order valence-electron chi connectivity index (χ1n) is 8.80. The van der Waals surface area contributed by atoms with Crippen LogP contribution >= 0.6 is 11.8 Å². The molecule has 0 radical (unpaired) electrons. The topological polar surface area (TPSA) is 53.6 Å². The molecule has 2 aromatic rings. The second-order valence-corrected chi connectivity index (χ2v) is 7.35. The molecule has 5 heteroatoms. The lowest BCUT2D eigenvalue weighted by Crippen LogP contribution is -2.33. The van der Waals surface area contributed by atoms with Crippen LogP contribution in [0.5, 0.6) is 0 Å². The highest BCUT2D eigenvalue weighted by molar-refractivity contribution is 7.99. The second-order valence-electron chi connectivity index (χ2n) is 6.13. The molecule has 1 aliphatic heterocycles. The highest BCUT2D eigenvalue weighted by Crippen LogP contribution is 2.20. The monoisotopic (exact) mass is 354 g/mol. The van der Waals surface area contributed by atoms with Gasteiger partial charge in [-0.3, -0.25) is 0 Å². The highest BCUT2D eigenvalue weighted by atomic mass is 32.2. The quantitative estimate of drug-likeness (QED) is 0.619. The van der Waals surface area contributed by atoms with E-state index in [9.17, 15) is 0 Å². The maximum atomic E-state index is 5.96. The van der Waals surface area contributed by atoms with E-state index in [0.717, 1.165) is 26.1 Å². The van der Waals surface area contributed by atoms with Crippen LogP contribution in [-0.2, 0) is 13.0 Å². The van der Waals surface area contributed by atoms with Gasteiger partial charge in [0.1, 0.15) is 0 Å². The molecule has 0 bridgehead atoms. The fourth-order valence-corrected chi connectivity index (χ4v) is 3.75. The Bertz CT molecular complexity index is 664. The molecule has 0 saturated carbocycles.